The summed E-state index contributed by atoms with van der Waals surface area (Å²) in [6.45, 7) is 0. The van der Waals surface area contributed by atoms with E-state index in [1.807, 2.05) is 30.3 Å². The minimum absolute atomic E-state index is 0.0826. The van der Waals surface area contributed by atoms with Gasteiger partial charge in [-0.2, -0.15) is 0 Å². The molecule has 4 nitrogen and oxygen atoms in total. The molecule has 0 bridgehead atoms. The molecule has 5 heteroatoms. The second kappa shape index (κ2) is 7.61. The van der Waals surface area contributed by atoms with Crippen LogP contribution in [0.5, 0.6) is 0 Å². The van der Waals surface area contributed by atoms with Crippen molar-refractivity contribution in [1.29, 1.82) is 0 Å². The fraction of sp³-hybridized carbons (Fsp3) is 0.176. The highest BCUT2D eigenvalue weighted by Gasteiger charge is 2.08. The monoisotopic (exact) mass is 316 g/mol. The summed E-state index contributed by atoms with van der Waals surface area (Å²) in [4.78, 5) is 22.9. The van der Waals surface area contributed by atoms with Crippen LogP contribution in [0, 0.1) is 0 Å². The van der Waals surface area contributed by atoms with Crippen LogP contribution in [0.1, 0.15) is 28.8 Å². The van der Waals surface area contributed by atoms with E-state index in [2.05, 4.69) is 5.32 Å². The molecule has 0 heterocycles. The first-order valence-electron chi connectivity index (χ1n) is 6.91. The molecule has 0 atom stereocenters. The lowest BCUT2D eigenvalue weighted by molar-refractivity contribution is -0.254. The number of benzene rings is 2. The van der Waals surface area contributed by atoms with Gasteiger partial charge in [0.1, 0.15) is 0 Å². The number of hydrogen-bond donors (Lipinski definition) is 1. The van der Waals surface area contributed by atoms with Gasteiger partial charge in [-0.3, -0.25) is 4.79 Å². The molecule has 1 amide bonds. The Morgan fingerprint density at radius 3 is 2.50 bits per heavy atom. The smallest absolute Gasteiger partial charge is 0.224 e. The third kappa shape index (κ3) is 4.60. The van der Waals surface area contributed by atoms with E-state index in [0.29, 0.717) is 17.9 Å². The molecule has 0 radical (unpaired) electrons. The number of anilines is 1. The number of carboxylic acid groups (broad SMARTS) is 1. The maximum atomic E-state index is 11.9. The Morgan fingerprint density at radius 1 is 1.09 bits per heavy atom. The Morgan fingerprint density at radius 2 is 1.82 bits per heavy atom. The summed E-state index contributed by atoms with van der Waals surface area (Å²) >= 11 is 5.82. The van der Waals surface area contributed by atoms with Gasteiger partial charge < -0.3 is 15.2 Å². The molecule has 0 aliphatic carbocycles. The Labute approximate surface area is 133 Å². The van der Waals surface area contributed by atoms with Crippen LogP contribution in [0.2, 0.25) is 5.02 Å². The number of aryl methyl sites for hydroxylation is 1. The zero-order valence-corrected chi connectivity index (χ0v) is 12.6. The average Bonchev–Trinajstić information content (AvgIpc) is 2.48. The predicted molar refractivity (Wildman–Crippen MR) is 83.8 cm³/mol. The van der Waals surface area contributed by atoms with E-state index in [1.165, 1.54) is 18.2 Å². The third-order valence-electron chi connectivity index (χ3n) is 3.19. The summed E-state index contributed by atoms with van der Waals surface area (Å²) in [6, 6.07) is 14.0. The van der Waals surface area contributed by atoms with Crippen molar-refractivity contribution in [2.75, 3.05) is 5.32 Å². The van der Waals surface area contributed by atoms with E-state index in [9.17, 15) is 14.7 Å². The SMILES string of the molecule is O=C(CCCc1ccccc1)Nc1cc(Cl)ccc1C(=O)[O-]. The van der Waals surface area contributed by atoms with Crippen molar-refractivity contribution in [1.82, 2.24) is 0 Å². The van der Waals surface area contributed by atoms with E-state index in [-0.39, 0.29) is 17.2 Å². The van der Waals surface area contributed by atoms with Crippen LogP contribution in [-0.2, 0) is 11.2 Å². The van der Waals surface area contributed by atoms with Crippen LogP contribution in [0.3, 0.4) is 0 Å². The van der Waals surface area contributed by atoms with Gasteiger partial charge in [0.2, 0.25) is 5.91 Å². The number of halogens is 1. The van der Waals surface area contributed by atoms with Crippen LogP contribution in [-0.4, -0.2) is 11.9 Å². The number of hydrogen-bond acceptors (Lipinski definition) is 3. The highest BCUT2D eigenvalue weighted by molar-refractivity contribution is 6.31. The molecule has 0 saturated carbocycles. The zero-order chi connectivity index (χ0) is 15.9. The van der Waals surface area contributed by atoms with E-state index in [0.717, 1.165) is 12.0 Å². The normalized spacial score (nSPS) is 10.2. The minimum atomic E-state index is -1.35. The molecule has 114 valence electrons. The fourth-order valence-corrected chi connectivity index (χ4v) is 2.28. The molecule has 1 N–H and O–H groups in total. The van der Waals surface area contributed by atoms with Crippen molar-refractivity contribution < 1.29 is 14.7 Å². The largest absolute Gasteiger partial charge is 0.545 e. The Bertz CT molecular complexity index is 671. The molecule has 0 fully saturated rings. The summed E-state index contributed by atoms with van der Waals surface area (Å²) < 4.78 is 0. The lowest BCUT2D eigenvalue weighted by Crippen LogP contribution is -2.24. The molecule has 0 aliphatic rings. The van der Waals surface area contributed by atoms with E-state index < -0.39 is 5.97 Å². The summed E-state index contributed by atoms with van der Waals surface area (Å²) in [6.07, 6.45) is 1.77. The number of rotatable bonds is 6. The number of carbonyl (C=O) groups is 2. The third-order valence-corrected chi connectivity index (χ3v) is 3.42. The van der Waals surface area contributed by atoms with Gasteiger partial charge in [-0.1, -0.05) is 41.9 Å². The Kier molecular flexibility index (Phi) is 5.55. The molecular formula is C17H15ClNO3-. The first-order valence-corrected chi connectivity index (χ1v) is 7.29. The first-order chi connectivity index (χ1) is 10.6. The minimum Gasteiger partial charge on any atom is -0.545 e. The second-order valence-corrected chi connectivity index (χ2v) is 5.30. The summed E-state index contributed by atoms with van der Waals surface area (Å²) in [5, 5.41) is 13.9. The van der Waals surface area contributed by atoms with Crippen LogP contribution in [0.25, 0.3) is 0 Å². The number of amides is 1. The fourth-order valence-electron chi connectivity index (χ4n) is 2.11. The van der Waals surface area contributed by atoms with Crippen molar-refractivity contribution in [3.05, 3.63) is 64.7 Å². The van der Waals surface area contributed by atoms with Gasteiger partial charge >= 0.3 is 0 Å². The number of aromatic carboxylic acids is 1. The van der Waals surface area contributed by atoms with E-state index >= 15 is 0 Å². The number of carbonyl (C=O) groups excluding carboxylic acids is 2. The van der Waals surface area contributed by atoms with Crippen LogP contribution in [0.4, 0.5) is 5.69 Å². The lowest BCUT2D eigenvalue weighted by Gasteiger charge is -2.12. The van der Waals surface area contributed by atoms with Crippen molar-refractivity contribution in [2.24, 2.45) is 0 Å². The van der Waals surface area contributed by atoms with Crippen LogP contribution < -0.4 is 10.4 Å². The Balaban J connectivity index is 1.92. The van der Waals surface area contributed by atoms with Crippen molar-refractivity contribution in [3.8, 4) is 0 Å². The van der Waals surface area contributed by atoms with Crippen molar-refractivity contribution in [3.63, 3.8) is 0 Å². The number of nitrogens with one attached hydrogen (secondary N) is 1. The van der Waals surface area contributed by atoms with Gasteiger partial charge in [0.15, 0.2) is 0 Å². The predicted octanol–water partition coefficient (Wildman–Crippen LogP) is 2.66. The van der Waals surface area contributed by atoms with Crippen molar-refractivity contribution >= 4 is 29.2 Å². The molecule has 0 saturated heterocycles. The van der Waals surface area contributed by atoms with Crippen LogP contribution >= 0.6 is 11.6 Å². The Hall–Kier alpha value is -2.33. The van der Waals surface area contributed by atoms with E-state index in [4.69, 9.17) is 11.6 Å². The molecule has 0 spiro atoms. The standard InChI is InChI=1S/C17H16ClNO3/c18-13-9-10-14(17(21)22)15(11-13)19-16(20)8-4-7-12-5-2-1-3-6-12/h1-3,5-6,9-11H,4,7-8H2,(H,19,20)(H,21,22)/p-1. The van der Waals surface area contributed by atoms with Crippen molar-refractivity contribution in [2.45, 2.75) is 19.3 Å². The lowest BCUT2D eigenvalue weighted by atomic mass is 10.1. The number of carboxylic acids is 1. The second-order valence-electron chi connectivity index (χ2n) is 4.86. The van der Waals surface area contributed by atoms with Gasteiger partial charge in [0.25, 0.3) is 0 Å². The summed E-state index contributed by atoms with van der Waals surface area (Å²) in [7, 11) is 0. The summed E-state index contributed by atoms with van der Waals surface area (Å²) in [5.41, 5.74) is 1.24. The first kappa shape index (κ1) is 16.0. The molecule has 0 unspecified atom stereocenters. The topological polar surface area (TPSA) is 69.2 Å². The quantitative estimate of drug-likeness (QED) is 0.890. The molecule has 2 aromatic carbocycles. The van der Waals surface area contributed by atoms with Gasteiger partial charge in [0, 0.05) is 17.0 Å². The van der Waals surface area contributed by atoms with Gasteiger partial charge in [0.05, 0.1) is 11.7 Å². The maximum Gasteiger partial charge on any atom is 0.224 e. The maximum absolute atomic E-state index is 11.9. The molecule has 2 rings (SSSR count). The summed E-state index contributed by atoms with van der Waals surface area (Å²) in [5.74, 6) is -1.60. The molecule has 0 aromatic heterocycles. The molecular weight excluding hydrogens is 302 g/mol. The van der Waals surface area contributed by atoms with Gasteiger partial charge in [-0.05, 0) is 36.6 Å². The zero-order valence-electron chi connectivity index (χ0n) is 11.8. The van der Waals surface area contributed by atoms with E-state index in [1.54, 1.807) is 0 Å². The highest BCUT2D eigenvalue weighted by Crippen LogP contribution is 2.21. The highest BCUT2D eigenvalue weighted by atomic mass is 35.5. The molecule has 2 aromatic rings. The average molecular weight is 317 g/mol. The van der Waals surface area contributed by atoms with Gasteiger partial charge in [-0.15, -0.1) is 0 Å². The molecule has 22 heavy (non-hydrogen) atoms. The van der Waals surface area contributed by atoms with Gasteiger partial charge in [-0.25, -0.2) is 0 Å². The van der Waals surface area contributed by atoms with Crippen LogP contribution in [0.15, 0.2) is 48.5 Å². The molecule has 0 aliphatic heterocycles.